The lowest BCUT2D eigenvalue weighted by Crippen LogP contribution is -2.42. The van der Waals surface area contributed by atoms with Gasteiger partial charge in [0.05, 0.1) is 17.6 Å². The quantitative estimate of drug-likeness (QED) is 0.840. The van der Waals surface area contributed by atoms with Crippen molar-refractivity contribution in [2.24, 2.45) is 11.7 Å². The first-order chi connectivity index (χ1) is 10.8. The summed E-state index contributed by atoms with van der Waals surface area (Å²) in [6.07, 6.45) is 1.46. The Labute approximate surface area is 137 Å². The molecule has 128 valence electrons. The summed E-state index contributed by atoms with van der Waals surface area (Å²) in [4.78, 5) is 11.9. The third-order valence-corrected chi connectivity index (χ3v) is 6.36. The van der Waals surface area contributed by atoms with Crippen molar-refractivity contribution in [2.75, 3.05) is 20.2 Å². The number of sulfonamides is 1. The van der Waals surface area contributed by atoms with Crippen LogP contribution >= 0.6 is 0 Å². The van der Waals surface area contributed by atoms with Gasteiger partial charge in [0.25, 0.3) is 0 Å². The highest BCUT2D eigenvalue weighted by Crippen LogP contribution is 2.27. The number of rotatable bonds is 4. The molecular formula is C16H24N2O4S. The maximum Gasteiger partial charge on any atom is 0.339 e. The lowest BCUT2D eigenvalue weighted by atomic mass is 9.92. The van der Waals surface area contributed by atoms with Crippen LogP contribution in [0.15, 0.2) is 23.1 Å². The number of methoxy groups -OCH3 is 1. The Balaban J connectivity index is 2.32. The summed E-state index contributed by atoms with van der Waals surface area (Å²) in [5, 5.41) is 0. The molecule has 1 aromatic rings. The molecule has 0 aromatic heterocycles. The molecule has 1 aliphatic heterocycles. The van der Waals surface area contributed by atoms with E-state index in [1.165, 1.54) is 17.5 Å². The fourth-order valence-corrected chi connectivity index (χ4v) is 4.55. The van der Waals surface area contributed by atoms with Crippen molar-refractivity contribution in [3.8, 4) is 0 Å². The van der Waals surface area contributed by atoms with E-state index in [2.05, 4.69) is 0 Å². The van der Waals surface area contributed by atoms with Crippen LogP contribution in [0.25, 0.3) is 0 Å². The Morgan fingerprint density at radius 1 is 1.35 bits per heavy atom. The molecule has 0 bridgehead atoms. The molecule has 1 aliphatic rings. The summed E-state index contributed by atoms with van der Waals surface area (Å²) in [5.74, 6) is -0.308. The maximum absolute atomic E-state index is 12.9. The molecule has 1 heterocycles. The smallest absolute Gasteiger partial charge is 0.339 e. The summed E-state index contributed by atoms with van der Waals surface area (Å²) in [5.41, 5.74) is 6.79. The van der Waals surface area contributed by atoms with Crippen LogP contribution in [-0.4, -0.2) is 44.9 Å². The summed E-state index contributed by atoms with van der Waals surface area (Å²) < 4.78 is 32.0. The largest absolute Gasteiger partial charge is 0.465 e. The van der Waals surface area contributed by atoms with Crippen molar-refractivity contribution in [2.45, 2.75) is 37.6 Å². The van der Waals surface area contributed by atoms with E-state index in [1.54, 1.807) is 19.1 Å². The van der Waals surface area contributed by atoms with E-state index in [0.29, 0.717) is 19.0 Å². The van der Waals surface area contributed by atoms with Gasteiger partial charge in [0.1, 0.15) is 0 Å². The molecule has 1 fully saturated rings. The second-order valence-electron chi connectivity index (χ2n) is 6.09. The highest BCUT2D eigenvalue weighted by atomic mass is 32.2. The number of aryl methyl sites for hydroxylation is 1. The van der Waals surface area contributed by atoms with Gasteiger partial charge in [-0.05, 0) is 44.7 Å². The van der Waals surface area contributed by atoms with E-state index in [4.69, 9.17) is 10.5 Å². The topological polar surface area (TPSA) is 89.7 Å². The van der Waals surface area contributed by atoms with Crippen LogP contribution < -0.4 is 5.73 Å². The van der Waals surface area contributed by atoms with Crippen LogP contribution in [0.4, 0.5) is 0 Å². The SMILES string of the molecule is COC(=O)c1cc(C)ccc1S(=O)(=O)N1CCC(C(C)N)CC1. The number of esters is 1. The van der Waals surface area contributed by atoms with Crippen LogP contribution in [0.5, 0.6) is 0 Å². The van der Waals surface area contributed by atoms with Gasteiger partial charge in [-0.15, -0.1) is 0 Å². The first-order valence-electron chi connectivity index (χ1n) is 7.72. The normalized spacial score (nSPS) is 18.6. The van der Waals surface area contributed by atoms with Crippen molar-refractivity contribution in [3.05, 3.63) is 29.3 Å². The molecule has 0 radical (unpaired) electrons. The average Bonchev–Trinajstić information content (AvgIpc) is 2.53. The van der Waals surface area contributed by atoms with Gasteiger partial charge >= 0.3 is 5.97 Å². The predicted molar refractivity (Wildman–Crippen MR) is 87.7 cm³/mol. The minimum atomic E-state index is -3.72. The third-order valence-electron chi connectivity index (χ3n) is 4.40. The van der Waals surface area contributed by atoms with Crippen LogP contribution in [0.1, 0.15) is 35.7 Å². The predicted octanol–water partition coefficient (Wildman–Crippen LogP) is 1.53. The zero-order valence-electron chi connectivity index (χ0n) is 13.8. The van der Waals surface area contributed by atoms with Gasteiger partial charge in [0.15, 0.2) is 0 Å². The number of piperidine rings is 1. The minimum Gasteiger partial charge on any atom is -0.465 e. The second-order valence-corrected chi connectivity index (χ2v) is 8.00. The van der Waals surface area contributed by atoms with E-state index in [-0.39, 0.29) is 16.5 Å². The zero-order valence-corrected chi connectivity index (χ0v) is 14.6. The lowest BCUT2D eigenvalue weighted by molar-refractivity contribution is 0.0596. The maximum atomic E-state index is 12.9. The Kier molecular flexibility index (Phi) is 5.44. The van der Waals surface area contributed by atoms with Crippen LogP contribution in [0, 0.1) is 12.8 Å². The molecule has 1 saturated heterocycles. The molecule has 2 N–H and O–H groups in total. The zero-order chi connectivity index (χ0) is 17.2. The molecule has 0 saturated carbocycles. The van der Waals surface area contributed by atoms with Crippen LogP contribution in [0.3, 0.4) is 0 Å². The summed E-state index contributed by atoms with van der Waals surface area (Å²) in [6, 6.07) is 4.78. The van der Waals surface area contributed by atoms with Crippen LogP contribution in [-0.2, 0) is 14.8 Å². The monoisotopic (exact) mass is 340 g/mol. The molecule has 0 spiro atoms. The number of carbonyl (C=O) groups excluding carboxylic acids is 1. The van der Waals surface area contributed by atoms with Gasteiger partial charge in [-0.1, -0.05) is 11.6 Å². The number of ether oxygens (including phenoxy) is 1. The number of nitrogens with zero attached hydrogens (tertiary/aromatic N) is 1. The van der Waals surface area contributed by atoms with Crippen molar-refractivity contribution in [1.29, 1.82) is 0 Å². The molecule has 7 heteroatoms. The van der Waals surface area contributed by atoms with Gasteiger partial charge in [0.2, 0.25) is 10.0 Å². The number of hydrogen-bond donors (Lipinski definition) is 1. The number of nitrogens with two attached hydrogens (primary N) is 1. The van der Waals surface area contributed by atoms with E-state index in [1.807, 2.05) is 6.92 Å². The highest BCUT2D eigenvalue weighted by Gasteiger charge is 2.33. The highest BCUT2D eigenvalue weighted by molar-refractivity contribution is 7.89. The van der Waals surface area contributed by atoms with Crippen molar-refractivity contribution in [3.63, 3.8) is 0 Å². The summed E-state index contributed by atoms with van der Waals surface area (Å²) in [6.45, 7) is 4.59. The molecular weight excluding hydrogens is 316 g/mol. The Morgan fingerprint density at radius 3 is 2.48 bits per heavy atom. The van der Waals surface area contributed by atoms with Gasteiger partial charge in [-0.3, -0.25) is 0 Å². The van der Waals surface area contributed by atoms with Gasteiger partial charge in [0, 0.05) is 19.1 Å². The Morgan fingerprint density at radius 2 is 1.96 bits per heavy atom. The molecule has 0 amide bonds. The first-order valence-corrected chi connectivity index (χ1v) is 9.16. The van der Waals surface area contributed by atoms with E-state index in [0.717, 1.165) is 18.4 Å². The van der Waals surface area contributed by atoms with E-state index in [9.17, 15) is 13.2 Å². The first kappa shape index (κ1) is 17.9. The third kappa shape index (κ3) is 3.73. The van der Waals surface area contributed by atoms with E-state index >= 15 is 0 Å². The Hall–Kier alpha value is -1.44. The van der Waals surface area contributed by atoms with Crippen LogP contribution in [0.2, 0.25) is 0 Å². The molecule has 0 aliphatic carbocycles. The molecule has 1 aromatic carbocycles. The van der Waals surface area contributed by atoms with E-state index < -0.39 is 16.0 Å². The van der Waals surface area contributed by atoms with Gasteiger partial charge in [-0.25, -0.2) is 13.2 Å². The summed E-state index contributed by atoms with van der Waals surface area (Å²) >= 11 is 0. The lowest BCUT2D eigenvalue weighted by Gasteiger charge is -2.33. The Bertz CT molecular complexity index is 677. The molecule has 23 heavy (non-hydrogen) atoms. The summed E-state index contributed by atoms with van der Waals surface area (Å²) in [7, 11) is -2.48. The van der Waals surface area contributed by atoms with Crippen molar-refractivity contribution in [1.82, 2.24) is 4.31 Å². The second kappa shape index (κ2) is 6.98. The minimum absolute atomic E-state index is 0.00852. The van der Waals surface area contributed by atoms with Gasteiger partial charge in [-0.2, -0.15) is 4.31 Å². The average molecular weight is 340 g/mol. The standard InChI is InChI=1S/C16H24N2O4S/c1-11-4-5-15(14(10-11)16(19)22-3)23(20,21)18-8-6-13(7-9-18)12(2)17/h4-5,10,12-13H,6-9,17H2,1-3H3. The fourth-order valence-electron chi connectivity index (χ4n) is 2.92. The van der Waals surface area contributed by atoms with Gasteiger partial charge < -0.3 is 10.5 Å². The number of carbonyl (C=O) groups is 1. The van der Waals surface area contributed by atoms with Crippen molar-refractivity contribution >= 4 is 16.0 Å². The van der Waals surface area contributed by atoms with Crippen molar-refractivity contribution < 1.29 is 17.9 Å². The molecule has 6 nitrogen and oxygen atoms in total. The fraction of sp³-hybridized carbons (Fsp3) is 0.562. The number of hydrogen-bond acceptors (Lipinski definition) is 5. The number of benzene rings is 1. The molecule has 1 unspecified atom stereocenters. The molecule has 2 rings (SSSR count). The molecule has 1 atom stereocenters.